The van der Waals surface area contributed by atoms with Crippen molar-refractivity contribution in [2.75, 3.05) is 20.2 Å². The molecule has 120 valence electrons. The average Bonchev–Trinajstić information content (AvgIpc) is 2.52. The maximum absolute atomic E-state index is 12.6. The van der Waals surface area contributed by atoms with E-state index >= 15 is 0 Å². The van der Waals surface area contributed by atoms with Crippen molar-refractivity contribution in [2.24, 2.45) is 17.6 Å². The molecule has 0 spiro atoms. The molecule has 0 aromatic carbocycles. The summed E-state index contributed by atoms with van der Waals surface area (Å²) in [7, 11) is 1.41. The van der Waals surface area contributed by atoms with Gasteiger partial charge in [0.05, 0.1) is 7.11 Å². The van der Waals surface area contributed by atoms with Crippen LogP contribution < -0.4 is 5.73 Å². The molecule has 21 heavy (non-hydrogen) atoms. The molecule has 2 rings (SSSR count). The Balaban J connectivity index is 1.87. The van der Waals surface area contributed by atoms with Gasteiger partial charge in [0.2, 0.25) is 5.91 Å². The third kappa shape index (κ3) is 4.70. The number of hydrogen-bond acceptors (Lipinski definition) is 4. The van der Waals surface area contributed by atoms with Gasteiger partial charge in [-0.2, -0.15) is 0 Å². The van der Waals surface area contributed by atoms with Gasteiger partial charge in [0.1, 0.15) is 0 Å². The van der Waals surface area contributed by atoms with Crippen LogP contribution in [0.15, 0.2) is 0 Å². The fourth-order valence-electron chi connectivity index (χ4n) is 3.67. The van der Waals surface area contributed by atoms with Crippen LogP contribution in [0.1, 0.15) is 51.4 Å². The van der Waals surface area contributed by atoms with E-state index in [1.165, 1.54) is 26.4 Å². The van der Waals surface area contributed by atoms with Crippen LogP contribution in [0, 0.1) is 11.8 Å². The molecule has 1 aliphatic heterocycles. The second-order valence-corrected chi connectivity index (χ2v) is 6.55. The van der Waals surface area contributed by atoms with Crippen molar-refractivity contribution in [3.63, 3.8) is 0 Å². The molecule has 2 unspecified atom stereocenters. The number of methoxy groups -OCH3 is 1. The second kappa shape index (κ2) is 7.78. The molecule has 5 heteroatoms. The highest BCUT2D eigenvalue weighted by Crippen LogP contribution is 2.28. The SMILES string of the molecule is COC(=O)CCC1CC(N)CN(C(=O)C2CCCCC2)C1. The van der Waals surface area contributed by atoms with E-state index in [9.17, 15) is 9.59 Å². The van der Waals surface area contributed by atoms with Crippen molar-refractivity contribution in [1.82, 2.24) is 4.90 Å². The van der Waals surface area contributed by atoms with Gasteiger partial charge in [-0.05, 0) is 31.6 Å². The Bertz CT molecular complexity index is 367. The molecule has 1 saturated carbocycles. The van der Waals surface area contributed by atoms with Gasteiger partial charge in [-0.25, -0.2) is 0 Å². The lowest BCUT2D eigenvalue weighted by Crippen LogP contribution is -2.51. The Kier molecular flexibility index (Phi) is 6.03. The van der Waals surface area contributed by atoms with E-state index in [1.54, 1.807) is 0 Å². The Labute approximate surface area is 127 Å². The maximum Gasteiger partial charge on any atom is 0.305 e. The topological polar surface area (TPSA) is 72.6 Å². The van der Waals surface area contributed by atoms with E-state index in [0.29, 0.717) is 18.9 Å². The zero-order chi connectivity index (χ0) is 15.2. The maximum atomic E-state index is 12.6. The fraction of sp³-hybridized carbons (Fsp3) is 0.875. The quantitative estimate of drug-likeness (QED) is 0.801. The minimum atomic E-state index is -0.181. The second-order valence-electron chi connectivity index (χ2n) is 6.55. The molecule has 1 aliphatic carbocycles. The number of esters is 1. The molecular weight excluding hydrogens is 268 g/mol. The summed E-state index contributed by atoms with van der Waals surface area (Å²) in [6.45, 7) is 1.42. The van der Waals surface area contributed by atoms with Crippen molar-refractivity contribution >= 4 is 11.9 Å². The van der Waals surface area contributed by atoms with Crippen LogP contribution in [0.5, 0.6) is 0 Å². The van der Waals surface area contributed by atoms with Crippen molar-refractivity contribution in [1.29, 1.82) is 0 Å². The van der Waals surface area contributed by atoms with Crippen LogP contribution >= 0.6 is 0 Å². The summed E-state index contributed by atoms with van der Waals surface area (Å²) in [5.41, 5.74) is 6.11. The van der Waals surface area contributed by atoms with E-state index in [-0.39, 0.29) is 23.8 Å². The van der Waals surface area contributed by atoms with E-state index in [2.05, 4.69) is 4.74 Å². The summed E-state index contributed by atoms with van der Waals surface area (Å²) in [5, 5.41) is 0. The van der Waals surface area contributed by atoms with Gasteiger partial charge in [0, 0.05) is 31.5 Å². The van der Waals surface area contributed by atoms with Crippen LogP contribution in [0.3, 0.4) is 0 Å². The van der Waals surface area contributed by atoms with Gasteiger partial charge in [-0.15, -0.1) is 0 Å². The van der Waals surface area contributed by atoms with E-state index in [0.717, 1.165) is 32.2 Å². The molecule has 2 atom stereocenters. The van der Waals surface area contributed by atoms with E-state index in [1.807, 2.05) is 4.90 Å². The first-order chi connectivity index (χ1) is 10.1. The summed E-state index contributed by atoms with van der Waals surface area (Å²) in [6.07, 6.45) is 7.71. The third-order valence-electron chi connectivity index (χ3n) is 4.82. The number of hydrogen-bond donors (Lipinski definition) is 1. The highest BCUT2D eigenvalue weighted by atomic mass is 16.5. The monoisotopic (exact) mass is 296 g/mol. The number of likely N-dealkylation sites (tertiary alicyclic amines) is 1. The van der Waals surface area contributed by atoms with Crippen LogP contribution in [0.4, 0.5) is 0 Å². The Hall–Kier alpha value is -1.10. The van der Waals surface area contributed by atoms with Crippen LogP contribution in [0.25, 0.3) is 0 Å². The smallest absolute Gasteiger partial charge is 0.305 e. The van der Waals surface area contributed by atoms with Crippen LogP contribution in [0.2, 0.25) is 0 Å². The van der Waals surface area contributed by atoms with E-state index < -0.39 is 0 Å². The van der Waals surface area contributed by atoms with Gasteiger partial charge < -0.3 is 15.4 Å². The van der Waals surface area contributed by atoms with E-state index in [4.69, 9.17) is 5.73 Å². The molecule has 1 saturated heterocycles. The summed E-state index contributed by atoms with van der Waals surface area (Å²) < 4.78 is 4.69. The summed E-state index contributed by atoms with van der Waals surface area (Å²) in [6, 6.07) is 0.0361. The highest BCUT2D eigenvalue weighted by molar-refractivity contribution is 5.79. The number of rotatable bonds is 4. The molecular formula is C16H28N2O3. The van der Waals surface area contributed by atoms with Crippen LogP contribution in [-0.4, -0.2) is 43.0 Å². The lowest BCUT2D eigenvalue weighted by atomic mass is 9.86. The zero-order valence-corrected chi connectivity index (χ0v) is 13.1. The molecule has 0 radical (unpaired) electrons. The number of nitrogens with two attached hydrogens (primary N) is 1. The van der Waals surface area contributed by atoms with Crippen molar-refractivity contribution in [2.45, 2.75) is 57.4 Å². The number of amides is 1. The third-order valence-corrected chi connectivity index (χ3v) is 4.82. The predicted octanol–water partition coefficient (Wildman–Crippen LogP) is 1.70. The number of carbonyl (C=O) groups is 2. The summed E-state index contributed by atoms with van der Waals surface area (Å²) >= 11 is 0. The number of ether oxygens (including phenoxy) is 1. The minimum Gasteiger partial charge on any atom is -0.469 e. The molecule has 1 amide bonds. The Morgan fingerprint density at radius 2 is 1.90 bits per heavy atom. The lowest BCUT2D eigenvalue weighted by molar-refractivity contribution is -0.141. The lowest BCUT2D eigenvalue weighted by Gasteiger charge is -2.38. The number of nitrogens with zero attached hydrogens (tertiary/aromatic N) is 1. The van der Waals surface area contributed by atoms with Crippen molar-refractivity contribution in [3.05, 3.63) is 0 Å². The van der Waals surface area contributed by atoms with Gasteiger partial charge in [-0.3, -0.25) is 9.59 Å². The first-order valence-electron chi connectivity index (χ1n) is 8.21. The van der Waals surface area contributed by atoms with Gasteiger partial charge >= 0.3 is 5.97 Å². The molecule has 0 bridgehead atoms. The predicted molar refractivity (Wildman–Crippen MR) is 80.5 cm³/mol. The molecule has 0 aromatic heterocycles. The Morgan fingerprint density at radius 3 is 2.57 bits per heavy atom. The first-order valence-corrected chi connectivity index (χ1v) is 8.21. The largest absolute Gasteiger partial charge is 0.469 e. The number of piperidine rings is 1. The molecule has 2 N–H and O–H groups in total. The first kappa shape index (κ1) is 16.3. The zero-order valence-electron chi connectivity index (χ0n) is 13.1. The van der Waals surface area contributed by atoms with Gasteiger partial charge in [-0.1, -0.05) is 19.3 Å². The normalized spacial score (nSPS) is 27.4. The Morgan fingerprint density at radius 1 is 1.19 bits per heavy atom. The molecule has 5 nitrogen and oxygen atoms in total. The minimum absolute atomic E-state index is 0.0361. The molecule has 0 aromatic rings. The number of carbonyl (C=O) groups excluding carboxylic acids is 2. The van der Waals surface area contributed by atoms with Gasteiger partial charge in [0.25, 0.3) is 0 Å². The fourth-order valence-corrected chi connectivity index (χ4v) is 3.67. The molecule has 2 fully saturated rings. The van der Waals surface area contributed by atoms with Crippen molar-refractivity contribution < 1.29 is 14.3 Å². The van der Waals surface area contributed by atoms with Gasteiger partial charge in [0.15, 0.2) is 0 Å². The summed E-state index contributed by atoms with van der Waals surface area (Å²) in [5.74, 6) is 0.623. The summed E-state index contributed by atoms with van der Waals surface area (Å²) in [4.78, 5) is 25.8. The van der Waals surface area contributed by atoms with Crippen LogP contribution in [-0.2, 0) is 14.3 Å². The average molecular weight is 296 g/mol. The highest BCUT2D eigenvalue weighted by Gasteiger charge is 2.32. The van der Waals surface area contributed by atoms with Crippen molar-refractivity contribution in [3.8, 4) is 0 Å². The molecule has 2 aliphatic rings. The standard InChI is InChI=1S/C16H28N2O3/c1-21-15(19)8-7-12-9-14(17)11-18(10-12)16(20)13-5-3-2-4-6-13/h12-14H,2-11,17H2,1H3. The molecule has 1 heterocycles.